The van der Waals surface area contributed by atoms with Crippen molar-refractivity contribution in [3.63, 3.8) is 0 Å². The van der Waals surface area contributed by atoms with Gasteiger partial charge in [-0.15, -0.1) is 0 Å². The number of nitrogens with one attached hydrogen (secondary N) is 2. The van der Waals surface area contributed by atoms with E-state index in [4.69, 9.17) is 5.73 Å². The highest BCUT2D eigenvalue weighted by Gasteiger charge is 2.49. The van der Waals surface area contributed by atoms with Gasteiger partial charge in [0.15, 0.2) is 23.8 Å². The normalized spacial score (nSPS) is 21.0. The number of amides is 2. The molecule has 10 heteroatoms. The van der Waals surface area contributed by atoms with Crippen LogP contribution in [0.5, 0.6) is 0 Å². The zero-order valence-electron chi connectivity index (χ0n) is 19.1. The summed E-state index contributed by atoms with van der Waals surface area (Å²) in [6.07, 6.45) is 0.487. The maximum Gasteiger partial charge on any atom is 0.255 e. The second-order valence-corrected chi connectivity index (χ2v) is 8.77. The summed E-state index contributed by atoms with van der Waals surface area (Å²) >= 11 is 0. The van der Waals surface area contributed by atoms with Gasteiger partial charge in [-0.2, -0.15) is 0 Å². The zero-order chi connectivity index (χ0) is 25.3. The van der Waals surface area contributed by atoms with E-state index in [9.17, 15) is 28.6 Å². The average molecular weight is 487 g/mol. The molecule has 2 aromatic carbocycles. The Hall–Kier alpha value is -3.34. The highest BCUT2D eigenvalue weighted by atomic mass is 19.2. The van der Waals surface area contributed by atoms with E-state index < -0.39 is 53.8 Å². The number of aliphatic hydroxyl groups is 2. The molecule has 4 rings (SSSR count). The van der Waals surface area contributed by atoms with Crippen molar-refractivity contribution in [1.82, 2.24) is 10.2 Å². The molecule has 0 aromatic heterocycles. The fraction of sp³-hybridized carbons (Fsp3) is 0.360. The Morgan fingerprint density at radius 2 is 1.66 bits per heavy atom. The van der Waals surface area contributed by atoms with Crippen molar-refractivity contribution in [1.29, 1.82) is 0 Å². The number of nitrogens with zero attached hydrogens (tertiary/aromatic N) is 1. The van der Waals surface area contributed by atoms with Gasteiger partial charge in [0.25, 0.3) is 11.8 Å². The minimum Gasteiger partial charge on any atom is -0.380 e. The van der Waals surface area contributed by atoms with Crippen LogP contribution >= 0.6 is 0 Å². The number of hydrogen-bond donors (Lipinski definition) is 5. The quantitative estimate of drug-likeness (QED) is 0.389. The summed E-state index contributed by atoms with van der Waals surface area (Å²) in [7, 11) is 0. The van der Waals surface area contributed by atoms with Crippen LogP contribution in [0.4, 0.5) is 14.5 Å². The van der Waals surface area contributed by atoms with Crippen molar-refractivity contribution < 1.29 is 28.6 Å². The first-order valence-electron chi connectivity index (χ1n) is 11.4. The molecule has 2 aromatic rings. The molecule has 35 heavy (non-hydrogen) atoms. The molecule has 0 saturated carbocycles. The van der Waals surface area contributed by atoms with Gasteiger partial charge >= 0.3 is 0 Å². The molecule has 8 nitrogen and oxygen atoms in total. The van der Waals surface area contributed by atoms with Crippen molar-refractivity contribution in [3.05, 3.63) is 77.0 Å². The summed E-state index contributed by atoms with van der Waals surface area (Å²) in [6, 6.07) is 7.75. The topological polar surface area (TPSA) is 128 Å². The summed E-state index contributed by atoms with van der Waals surface area (Å²) in [6.45, 7) is 2.12. The van der Waals surface area contributed by atoms with E-state index in [2.05, 4.69) is 10.6 Å². The average Bonchev–Trinajstić information content (AvgIpc) is 3.40. The Morgan fingerprint density at radius 1 is 1.09 bits per heavy atom. The highest BCUT2D eigenvalue weighted by Crippen LogP contribution is 2.53. The van der Waals surface area contributed by atoms with Crippen LogP contribution in [0.15, 0.2) is 48.7 Å². The number of anilines is 1. The van der Waals surface area contributed by atoms with Crippen LogP contribution in [-0.4, -0.2) is 45.7 Å². The van der Waals surface area contributed by atoms with Crippen LogP contribution in [0.3, 0.4) is 0 Å². The number of carbonyl (C=O) groups excluding carboxylic acids is 2. The summed E-state index contributed by atoms with van der Waals surface area (Å²) in [5.41, 5.74) is 7.94. The van der Waals surface area contributed by atoms with Crippen molar-refractivity contribution in [2.24, 2.45) is 5.73 Å². The third kappa shape index (κ3) is 4.77. The Balaban J connectivity index is 1.38. The first kappa shape index (κ1) is 24.8. The molecule has 2 aliphatic rings. The molecule has 2 amide bonds. The number of hydrogen-bond acceptors (Lipinski definition) is 6. The second-order valence-electron chi connectivity index (χ2n) is 8.77. The number of carbonyl (C=O) groups is 2. The van der Waals surface area contributed by atoms with E-state index in [1.165, 1.54) is 4.90 Å². The van der Waals surface area contributed by atoms with Crippen LogP contribution in [0.2, 0.25) is 0 Å². The highest BCUT2D eigenvalue weighted by molar-refractivity contribution is 5.91. The number of rotatable bonds is 8. The van der Waals surface area contributed by atoms with Gasteiger partial charge in [-0.25, -0.2) is 8.78 Å². The number of nitrogens with two attached hydrogens (primary N) is 1. The fourth-order valence-corrected chi connectivity index (χ4v) is 4.79. The fourth-order valence-electron chi connectivity index (χ4n) is 4.79. The molecular formula is C25H28F2N4O4. The molecule has 0 spiro atoms. The Bertz CT molecular complexity index is 1100. The van der Waals surface area contributed by atoms with Gasteiger partial charge in [-0.1, -0.05) is 18.2 Å². The summed E-state index contributed by atoms with van der Waals surface area (Å²) in [5.74, 6) is -3.78. The minimum atomic E-state index is -2.02. The summed E-state index contributed by atoms with van der Waals surface area (Å²) < 4.78 is 27.5. The summed E-state index contributed by atoms with van der Waals surface area (Å²) in [4.78, 5) is 26.9. The molecule has 1 saturated heterocycles. The van der Waals surface area contributed by atoms with Gasteiger partial charge in [-0.3, -0.25) is 9.59 Å². The van der Waals surface area contributed by atoms with Gasteiger partial charge in [-0.05, 0) is 66.9 Å². The Morgan fingerprint density at radius 3 is 2.20 bits per heavy atom. The number of halogens is 2. The second kappa shape index (κ2) is 10.1. The summed E-state index contributed by atoms with van der Waals surface area (Å²) in [5, 5.41) is 26.6. The van der Waals surface area contributed by atoms with E-state index in [-0.39, 0.29) is 0 Å². The first-order chi connectivity index (χ1) is 16.7. The SMILES string of the molecule is C[C@@H](NC(=O)[C@H](O)[C@@H](O)C(=O)N1C2CC[C@H]1c1cc(F)c(F)cc12)c1ccc(N/C=C\CN)cc1. The van der Waals surface area contributed by atoms with Crippen molar-refractivity contribution in [2.75, 3.05) is 11.9 Å². The van der Waals surface area contributed by atoms with Gasteiger partial charge in [0.2, 0.25) is 0 Å². The van der Waals surface area contributed by atoms with E-state index in [0.29, 0.717) is 30.5 Å². The molecule has 186 valence electrons. The molecular weight excluding hydrogens is 458 g/mol. The van der Waals surface area contributed by atoms with Crippen LogP contribution in [0.25, 0.3) is 0 Å². The molecule has 2 aliphatic heterocycles. The Labute approximate surface area is 201 Å². The monoisotopic (exact) mass is 486 g/mol. The van der Waals surface area contributed by atoms with E-state index in [0.717, 1.165) is 23.4 Å². The van der Waals surface area contributed by atoms with Crippen LogP contribution in [0, 0.1) is 11.6 Å². The van der Waals surface area contributed by atoms with Crippen LogP contribution < -0.4 is 16.4 Å². The largest absolute Gasteiger partial charge is 0.380 e. The van der Waals surface area contributed by atoms with Gasteiger partial charge in [0.05, 0.1) is 18.1 Å². The standard InChI is InChI=1S/C25H28F2N4O4/c1-13(14-3-5-15(6-4-14)29-10-2-9-28)30-24(34)22(32)23(33)25(35)31-20-7-8-21(31)17-12-19(27)18(26)11-16(17)20/h2-6,10-13,20-23,29,32-33H,7-9,28H2,1H3,(H,30,34)/b10-2-/t13-,20+,21?,22-,23-/m1/s1. The predicted octanol–water partition coefficient (Wildman–Crippen LogP) is 2.17. The molecule has 5 atom stereocenters. The maximum atomic E-state index is 13.7. The molecule has 6 N–H and O–H groups in total. The molecule has 1 unspecified atom stereocenters. The van der Waals surface area contributed by atoms with Gasteiger partial charge in [0.1, 0.15) is 0 Å². The number of benzene rings is 2. The molecule has 0 radical (unpaired) electrons. The smallest absolute Gasteiger partial charge is 0.255 e. The molecule has 2 bridgehead atoms. The third-order valence-corrected chi connectivity index (χ3v) is 6.58. The first-order valence-corrected chi connectivity index (χ1v) is 11.4. The predicted molar refractivity (Wildman–Crippen MR) is 125 cm³/mol. The Kier molecular flexibility index (Phi) is 7.15. The molecule has 1 fully saturated rings. The van der Waals surface area contributed by atoms with Crippen LogP contribution in [0.1, 0.15) is 54.6 Å². The minimum absolute atomic E-state index is 0.411. The van der Waals surface area contributed by atoms with Crippen molar-refractivity contribution in [3.8, 4) is 0 Å². The van der Waals surface area contributed by atoms with E-state index in [1.54, 1.807) is 43.5 Å². The van der Waals surface area contributed by atoms with Crippen molar-refractivity contribution in [2.45, 2.75) is 50.1 Å². The maximum absolute atomic E-state index is 13.7. The lowest BCUT2D eigenvalue weighted by molar-refractivity contribution is -0.155. The third-order valence-electron chi connectivity index (χ3n) is 6.58. The van der Waals surface area contributed by atoms with E-state index in [1.807, 2.05) is 0 Å². The lowest BCUT2D eigenvalue weighted by Gasteiger charge is -2.27. The van der Waals surface area contributed by atoms with E-state index >= 15 is 0 Å². The molecule has 2 heterocycles. The van der Waals surface area contributed by atoms with Gasteiger partial charge in [0, 0.05) is 12.2 Å². The molecule has 0 aliphatic carbocycles. The van der Waals surface area contributed by atoms with Crippen LogP contribution in [-0.2, 0) is 9.59 Å². The lowest BCUT2D eigenvalue weighted by Crippen LogP contribution is -2.50. The number of aliphatic hydroxyl groups excluding tert-OH is 2. The zero-order valence-corrected chi connectivity index (χ0v) is 19.1. The lowest BCUT2D eigenvalue weighted by atomic mass is 9.92. The number of fused-ring (bicyclic) bond motifs is 5. The van der Waals surface area contributed by atoms with Gasteiger partial charge < -0.3 is 31.5 Å². The van der Waals surface area contributed by atoms with Crippen molar-refractivity contribution >= 4 is 17.5 Å².